The smallest absolute Gasteiger partial charge is 0.325 e. The van der Waals surface area contributed by atoms with Gasteiger partial charge >= 0.3 is 6.03 Å². The van der Waals surface area contributed by atoms with Crippen LogP contribution in [0.1, 0.15) is 45.0 Å². The molecular formula is C21H26N4O3. The van der Waals surface area contributed by atoms with Crippen molar-refractivity contribution in [2.45, 2.75) is 45.7 Å². The van der Waals surface area contributed by atoms with Gasteiger partial charge in [0.25, 0.3) is 5.91 Å². The van der Waals surface area contributed by atoms with Gasteiger partial charge in [-0.1, -0.05) is 32.0 Å². The quantitative estimate of drug-likeness (QED) is 0.800. The Kier molecular flexibility index (Phi) is 4.21. The molecule has 3 heterocycles. The van der Waals surface area contributed by atoms with Crippen molar-refractivity contribution < 1.29 is 14.4 Å². The van der Waals surface area contributed by atoms with Gasteiger partial charge in [0.1, 0.15) is 12.1 Å². The normalized spacial score (nSPS) is 21.4. The topological polar surface area (TPSA) is 85.5 Å². The predicted molar refractivity (Wildman–Crippen MR) is 106 cm³/mol. The van der Waals surface area contributed by atoms with Gasteiger partial charge in [0.15, 0.2) is 0 Å². The molecule has 0 aliphatic carbocycles. The first-order valence-electron chi connectivity index (χ1n) is 9.74. The van der Waals surface area contributed by atoms with E-state index in [2.05, 4.69) is 36.3 Å². The number of amides is 4. The maximum Gasteiger partial charge on any atom is 0.325 e. The van der Waals surface area contributed by atoms with Gasteiger partial charge in [0.05, 0.1) is 6.04 Å². The first-order valence-corrected chi connectivity index (χ1v) is 9.74. The summed E-state index contributed by atoms with van der Waals surface area (Å²) in [6, 6.07) is 7.61. The number of benzene rings is 1. The molecule has 0 bridgehead atoms. The van der Waals surface area contributed by atoms with E-state index < -0.39 is 11.6 Å². The summed E-state index contributed by atoms with van der Waals surface area (Å²) in [6.45, 7) is 8.01. The van der Waals surface area contributed by atoms with Gasteiger partial charge in [-0.3, -0.25) is 14.9 Å². The third kappa shape index (κ3) is 2.68. The van der Waals surface area contributed by atoms with Crippen LogP contribution >= 0.6 is 0 Å². The van der Waals surface area contributed by atoms with E-state index in [0.717, 1.165) is 17.6 Å². The summed E-state index contributed by atoms with van der Waals surface area (Å²) in [7, 11) is 0. The highest BCUT2D eigenvalue weighted by Crippen LogP contribution is 2.38. The van der Waals surface area contributed by atoms with Gasteiger partial charge in [-0.15, -0.1) is 0 Å². The number of nitrogens with zero attached hydrogens (tertiary/aromatic N) is 2. The average molecular weight is 382 g/mol. The lowest BCUT2D eigenvalue weighted by molar-refractivity contribution is -0.137. The number of aromatic nitrogens is 1. The van der Waals surface area contributed by atoms with Crippen LogP contribution in [0.25, 0.3) is 10.9 Å². The molecule has 4 amide bonds. The van der Waals surface area contributed by atoms with Crippen LogP contribution < -0.4 is 5.32 Å². The van der Waals surface area contributed by atoms with Gasteiger partial charge in [0, 0.05) is 23.1 Å². The summed E-state index contributed by atoms with van der Waals surface area (Å²) in [5, 5.41) is 3.51. The fraction of sp³-hybridized carbons (Fsp3) is 0.476. The van der Waals surface area contributed by atoms with Crippen molar-refractivity contribution in [1.82, 2.24) is 20.1 Å². The molecule has 0 saturated carbocycles. The molecule has 28 heavy (non-hydrogen) atoms. The monoisotopic (exact) mass is 382 g/mol. The Balaban J connectivity index is 1.65. The van der Waals surface area contributed by atoms with E-state index >= 15 is 0 Å². The molecule has 2 N–H and O–H groups in total. The van der Waals surface area contributed by atoms with E-state index in [-0.39, 0.29) is 30.3 Å². The van der Waals surface area contributed by atoms with Crippen molar-refractivity contribution in [3.8, 4) is 0 Å². The number of para-hydroxylation sites is 1. The molecule has 0 spiro atoms. The second kappa shape index (κ2) is 6.36. The highest BCUT2D eigenvalue weighted by Gasteiger charge is 2.47. The predicted octanol–water partition coefficient (Wildman–Crippen LogP) is 2.58. The molecule has 1 fully saturated rings. The highest BCUT2D eigenvalue weighted by molar-refractivity contribution is 6.07. The Hall–Kier alpha value is -2.83. The number of fused-ring (bicyclic) bond motifs is 3. The number of carbonyl (C=O) groups is 3. The molecule has 1 aromatic carbocycles. The van der Waals surface area contributed by atoms with E-state index in [4.69, 9.17) is 0 Å². The molecule has 1 atom stereocenters. The molecule has 1 saturated heterocycles. The molecule has 4 rings (SSSR count). The third-order valence-corrected chi connectivity index (χ3v) is 6.02. The van der Waals surface area contributed by atoms with Crippen molar-refractivity contribution in [2.75, 3.05) is 13.1 Å². The van der Waals surface area contributed by atoms with Gasteiger partial charge in [-0.25, -0.2) is 4.79 Å². The van der Waals surface area contributed by atoms with Crippen molar-refractivity contribution in [3.05, 3.63) is 35.5 Å². The molecule has 7 nitrogen and oxygen atoms in total. The lowest BCUT2D eigenvalue weighted by Crippen LogP contribution is -2.52. The van der Waals surface area contributed by atoms with Gasteiger partial charge in [0.2, 0.25) is 5.91 Å². The fourth-order valence-corrected chi connectivity index (χ4v) is 4.43. The van der Waals surface area contributed by atoms with Crippen LogP contribution in [-0.4, -0.2) is 51.3 Å². The number of carbonyl (C=O) groups excluding carboxylic acids is 3. The minimum atomic E-state index is -1.03. The molecule has 1 aromatic heterocycles. The van der Waals surface area contributed by atoms with Crippen molar-refractivity contribution >= 4 is 28.7 Å². The summed E-state index contributed by atoms with van der Waals surface area (Å²) in [6.07, 6.45) is 0.767. The largest absolute Gasteiger partial charge is 0.356 e. The van der Waals surface area contributed by atoms with Gasteiger partial charge in [-0.05, 0) is 37.8 Å². The van der Waals surface area contributed by atoms with E-state index in [9.17, 15) is 14.4 Å². The number of imide groups is 1. The number of urea groups is 1. The van der Waals surface area contributed by atoms with Gasteiger partial charge in [-0.2, -0.15) is 0 Å². The van der Waals surface area contributed by atoms with Crippen molar-refractivity contribution in [2.24, 2.45) is 5.92 Å². The molecule has 2 aliphatic heterocycles. The summed E-state index contributed by atoms with van der Waals surface area (Å²) in [4.78, 5) is 44.1. The lowest BCUT2D eigenvalue weighted by atomic mass is 9.90. The van der Waals surface area contributed by atoms with Crippen molar-refractivity contribution in [3.63, 3.8) is 0 Å². The maximum absolute atomic E-state index is 13.2. The first kappa shape index (κ1) is 18.5. The Morgan fingerprint density at radius 2 is 1.96 bits per heavy atom. The van der Waals surface area contributed by atoms with E-state index in [1.165, 1.54) is 15.8 Å². The summed E-state index contributed by atoms with van der Waals surface area (Å²) in [5.41, 5.74) is 2.41. The second-order valence-electron chi connectivity index (χ2n) is 8.49. The minimum Gasteiger partial charge on any atom is -0.356 e. The molecule has 0 radical (unpaired) electrons. The van der Waals surface area contributed by atoms with Crippen LogP contribution in [0.4, 0.5) is 4.79 Å². The minimum absolute atomic E-state index is 0.0897. The zero-order valence-corrected chi connectivity index (χ0v) is 16.7. The number of nitrogens with one attached hydrogen (secondary N) is 2. The summed E-state index contributed by atoms with van der Waals surface area (Å²) >= 11 is 0. The van der Waals surface area contributed by atoms with Crippen LogP contribution in [0, 0.1) is 5.92 Å². The molecule has 2 aromatic rings. The Morgan fingerprint density at radius 1 is 1.25 bits per heavy atom. The number of hydrogen-bond acceptors (Lipinski definition) is 3. The van der Waals surface area contributed by atoms with Gasteiger partial charge < -0.3 is 14.8 Å². The molecular weight excluding hydrogens is 356 g/mol. The van der Waals surface area contributed by atoms with Crippen molar-refractivity contribution in [1.29, 1.82) is 0 Å². The first-order chi connectivity index (χ1) is 13.2. The van der Waals surface area contributed by atoms with E-state index in [1.54, 1.807) is 13.8 Å². The highest BCUT2D eigenvalue weighted by atomic mass is 16.2. The Bertz CT molecular complexity index is 975. The average Bonchev–Trinajstić information content (AvgIpc) is 3.10. The number of aromatic amines is 1. The summed E-state index contributed by atoms with van der Waals surface area (Å²) in [5.74, 6) is -0.304. The standard InChI is InChI=1S/C21H26N4O3/c1-12(2)18-17-14(13-7-5-6-8-15(13)22-17)9-10-24(18)16(26)11-25-20(28)23-19(27)21(25,3)4/h5-8,12,18,22H,9-11H2,1-4H3,(H,23,27,28)/t18-/m0/s1. The van der Waals surface area contributed by atoms with Crippen LogP contribution in [0.15, 0.2) is 24.3 Å². The van der Waals surface area contributed by atoms with Crippen LogP contribution in [-0.2, 0) is 16.0 Å². The van der Waals surface area contributed by atoms with E-state index in [0.29, 0.717) is 6.54 Å². The second-order valence-corrected chi connectivity index (χ2v) is 8.49. The van der Waals surface area contributed by atoms with Crippen LogP contribution in [0.2, 0.25) is 0 Å². The van der Waals surface area contributed by atoms with Crippen LogP contribution in [0.3, 0.4) is 0 Å². The third-order valence-electron chi connectivity index (χ3n) is 6.02. The molecule has 148 valence electrons. The molecule has 0 unspecified atom stereocenters. The number of rotatable bonds is 3. The molecule has 7 heteroatoms. The number of hydrogen-bond donors (Lipinski definition) is 2. The zero-order valence-electron chi connectivity index (χ0n) is 16.7. The Morgan fingerprint density at radius 3 is 2.61 bits per heavy atom. The summed E-state index contributed by atoms with van der Waals surface area (Å²) < 4.78 is 0. The van der Waals surface area contributed by atoms with Crippen LogP contribution in [0.5, 0.6) is 0 Å². The van der Waals surface area contributed by atoms with E-state index in [1.807, 2.05) is 17.0 Å². The zero-order chi connectivity index (χ0) is 20.2. The SMILES string of the molecule is CC(C)[C@H]1c2[nH]c3ccccc3c2CCN1C(=O)CN1C(=O)NC(=O)C1(C)C. The number of H-pyrrole nitrogens is 1. The Labute approximate surface area is 164 Å². The molecule has 2 aliphatic rings. The maximum atomic E-state index is 13.2. The lowest BCUT2D eigenvalue weighted by Gasteiger charge is -2.39. The fourth-order valence-electron chi connectivity index (χ4n) is 4.43.